The van der Waals surface area contributed by atoms with Crippen LogP contribution in [0.15, 0.2) is 24.8 Å². The summed E-state index contributed by atoms with van der Waals surface area (Å²) in [6, 6.07) is 5.54. The molecule has 2 heterocycles. The van der Waals surface area contributed by atoms with E-state index in [0.717, 1.165) is 24.2 Å². The van der Waals surface area contributed by atoms with Crippen molar-refractivity contribution in [2.24, 2.45) is 0 Å². The van der Waals surface area contributed by atoms with Crippen LogP contribution in [0.4, 0.5) is 0 Å². The molecule has 3 rings (SSSR count). The summed E-state index contributed by atoms with van der Waals surface area (Å²) in [6.45, 7) is 5.61. The van der Waals surface area contributed by atoms with Crippen molar-refractivity contribution in [2.45, 2.75) is 18.6 Å². The minimum Gasteiger partial charge on any atom is -0.459 e. The molecule has 2 saturated heterocycles. The van der Waals surface area contributed by atoms with Crippen molar-refractivity contribution in [3.8, 4) is 0 Å². The highest BCUT2D eigenvalue weighted by atomic mass is 16.6. The molecule has 0 aromatic heterocycles. The fourth-order valence-electron chi connectivity index (χ4n) is 1.96. The number of hydrogen-bond donors (Lipinski definition) is 0. The minimum absolute atomic E-state index is 0.0933. The van der Waals surface area contributed by atoms with E-state index in [1.807, 2.05) is 12.1 Å². The quantitative estimate of drug-likeness (QED) is 0.578. The van der Waals surface area contributed by atoms with E-state index in [1.54, 1.807) is 12.1 Å². The van der Waals surface area contributed by atoms with Crippen molar-refractivity contribution in [3.63, 3.8) is 0 Å². The minimum atomic E-state index is -0.302. The summed E-state index contributed by atoms with van der Waals surface area (Å²) < 4.78 is 15.4. The van der Waals surface area contributed by atoms with Crippen LogP contribution in [0.2, 0.25) is 0 Å². The van der Waals surface area contributed by atoms with E-state index in [0.29, 0.717) is 18.8 Å². The van der Waals surface area contributed by atoms with Gasteiger partial charge < -0.3 is 14.2 Å². The lowest BCUT2D eigenvalue weighted by Gasteiger charge is -2.08. The van der Waals surface area contributed by atoms with Gasteiger partial charge in [-0.1, -0.05) is 18.7 Å². The summed E-state index contributed by atoms with van der Waals surface area (Å²) in [6.07, 6.45) is 2.99. The number of benzene rings is 1. The van der Waals surface area contributed by atoms with Crippen molar-refractivity contribution < 1.29 is 19.0 Å². The molecule has 2 unspecified atom stereocenters. The zero-order valence-corrected chi connectivity index (χ0v) is 10.6. The standard InChI is InChI=1S/C15H16O4/c1-2-10-3-4-11(5-12(10)6-13-7-17-13)15(16)19-9-14-8-18-14/h2-5,13-14H,1,6-9H2. The lowest BCUT2D eigenvalue weighted by atomic mass is 10.00. The molecule has 0 saturated carbocycles. The maximum absolute atomic E-state index is 11.9. The molecule has 0 aliphatic carbocycles. The summed E-state index contributed by atoms with van der Waals surface area (Å²) in [7, 11) is 0. The Hall–Kier alpha value is -1.65. The van der Waals surface area contributed by atoms with Gasteiger partial charge >= 0.3 is 5.97 Å². The molecule has 2 fully saturated rings. The Kier molecular flexibility index (Phi) is 3.36. The van der Waals surface area contributed by atoms with Gasteiger partial charge in [-0.25, -0.2) is 4.79 Å². The number of esters is 1. The third-order valence-corrected chi connectivity index (χ3v) is 3.25. The average Bonchev–Trinajstić information content (AvgIpc) is 3.30. The molecular formula is C15H16O4. The Morgan fingerprint density at radius 3 is 2.74 bits per heavy atom. The van der Waals surface area contributed by atoms with Crippen molar-refractivity contribution in [3.05, 3.63) is 41.5 Å². The molecule has 100 valence electrons. The summed E-state index contributed by atoms with van der Waals surface area (Å²) in [5, 5.41) is 0. The van der Waals surface area contributed by atoms with E-state index >= 15 is 0 Å². The zero-order chi connectivity index (χ0) is 13.2. The van der Waals surface area contributed by atoms with Crippen LogP contribution < -0.4 is 0 Å². The first-order valence-corrected chi connectivity index (χ1v) is 6.42. The molecule has 2 aliphatic heterocycles. The van der Waals surface area contributed by atoms with Gasteiger partial charge in [0.05, 0.1) is 24.9 Å². The average molecular weight is 260 g/mol. The molecule has 4 heteroatoms. The summed E-state index contributed by atoms with van der Waals surface area (Å²) in [4.78, 5) is 11.9. The van der Waals surface area contributed by atoms with Crippen LogP contribution in [0, 0.1) is 0 Å². The highest BCUT2D eigenvalue weighted by molar-refractivity contribution is 5.90. The number of epoxide rings is 2. The molecule has 0 N–H and O–H groups in total. The molecule has 0 bridgehead atoms. The van der Waals surface area contributed by atoms with Crippen molar-refractivity contribution in [1.29, 1.82) is 0 Å². The van der Waals surface area contributed by atoms with Crippen LogP contribution in [0.1, 0.15) is 21.5 Å². The number of rotatable bonds is 6. The molecule has 0 spiro atoms. The van der Waals surface area contributed by atoms with Gasteiger partial charge in [0, 0.05) is 6.42 Å². The summed E-state index contributed by atoms with van der Waals surface area (Å²) >= 11 is 0. The van der Waals surface area contributed by atoms with Gasteiger partial charge in [-0.15, -0.1) is 0 Å². The lowest BCUT2D eigenvalue weighted by Crippen LogP contribution is -2.11. The molecule has 0 radical (unpaired) electrons. The van der Waals surface area contributed by atoms with E-state index < -0.39 is 0 Å². The van der Waals surface area contributed by atoms with E-state index in [1.165, 1.54) is 0 Å². The Labute approximate surface area is 112 Å². The second-order valence-electron chi connectivity index (χ2n) is 4.83. The van der Waals surface area contributed by atoms with Crippen LogP contribution in [0.5, 0.6) is 0 Å². The maximum atomic E-state index is 11.9. The number of carbonyl (C=O) groups is 1. The monoisotopic (exact) mass is 260 g/mol. The number of hydrogen-bond acceptors (Lipinski definition) is 4. The lowest BCUT2D eigenvalue weighted by molar-refractivity contribution is 0.0476. The van der Waals surface area contributed by atoms with Gasteiger partial charge in [0.1, 0.15) is 12.7 Å². The second-order valence-corrected chi connectivity index (χ2v) is 4.83. The van der Waals surface area contributed by atoms with E-state index in [9.17, 15) is 4.79 Å². The third-order valence-electron chi connectivity index (χ3n) is 3.25. The summed E-state index contributed by atoms with van der Waals surface area (Å²) in [5.74, 6) is -0.302. The zero-order valence-electron chi connectivity index (χ0n) is 10.6. The van der Waals surface area contributed by atoms with Crippen LogP contribution in [-0.4, -0.2) is 38.0 Å². The predicted octanol–water partition coefficient (Wildman–Crippen LogP) is 1.83. The van der Waals surface area contributed by atoms with E-state index in [2.05, 4.69) is 6.58 Å². The van der Waals surface area contributed by atoms with Crippen LogP contribution >= 0.6 is 0 Å². The van der Waals surface area contributed by atoms with Crippen molar-refractivity contribution in [2.75, 3.05) is 19.8 Å². The van der Waals surface area contributed by atoms with Gasteiger partial charge in [0.15, 0.2) is 0 Å². The molecular weight excluding hydrogens is 244 g/mol. The van der Waals surface area contributed by atoms with E-state index in [4.69, 9.17) is 14.2 Å². The molecule has 2 aliphatic rings. The first-order valence-electron chi connectivity index (χ1n) is 6.42. The Balaban J connectivity index is 1.72. The highest BCUT2D eigenvalue weighted by Gasteiger charge is 2.26. The number of ether oxygens (including phenoxy) is 3. The highest BCUT2D eigenvalue weighted by Crippen LogP contribution is 2.22. The van der Waals surface area contributed by atoms with Crippen LogP contribution in [0.3, 0.4) is 0 Å². The van der Waals surface area contributed by atoms with Gasteiger partial charge in [0.2, 0.25) is 0 Å². The molecule has 1 aromatic carbocycles. The molecule has 1 aromatic rings. The normalized spacial score (nSPS) is 23.8. The molecule has 2 atom stereocenters. The fraction of sp³-hybridized carbons (Fsp3) is 0.400. The molecule has 4 nitrogen and oxygen atoms in total. The molecule has 19 heavy (non-hydrogen) atoms. The summed E-state index contributed by atoms with van der Waals surface area (Å²) in [5.41, 5.74) is 2.69. The van der Waals surface area contributed by atoms with Gasteiger partial charge in [-0.2, -0.15) is 0 Å². The number of carbonyl (C=O) groups excluding carboxylic acids is 1. The Morgan fingerprint density at radius 2 is 2.11 bits per heavy atom. The predicted molar refractivity (Wildman–Crippen MR) is 70.0 cm³/mol. The maximum Gasteiger partial charge on any atom is 0.338 e. The van der Waals surface area contributed by atoms with E-state index in [-0.39, 0.29) is 18.2 Å². The third kappa shape index (κ3) is 3.22. The Morgan fingerprint density at radius 1 is 1.37 bits per heavy atom. The van der Waals surface area contributed by atoms with Crippen LogP contribution in [0.25, 0.3) is 6.08 Å². The van der Waals surface area contributed by atoms with Gasteiger partial charge in [-0.05, 0) is 23.3 Å². The smallest absolute Gasteiger partial charge is 0.338 e. The van der Waals surface area contributed by atoms with Gasteiger partial charge in [0.25, 0.3) is 0 Å². The van der Waals surface area contributed by atoms with Gasteiger partial charge in [-0.3, -0.25) is 0 Å². The topological polar surface area (TPSA) is 51.4 Å². The molecule has 0 amide bonds. The van der Waals surface area contributed by atoms with Crippen LogP contribution in [-0.2, 0) is 20.6 Å². The SMILES string of the molecule is C=Cc1ccc(C(=O)OCC2CO2)cc1CC1CO1. The largest absolute Gasteiger partial charge is 0.459 e. The van der Waals surface area contributed by atoms with Crippen molar-refractivity contribution >= 4 is 12.0 Å². The second kappa shape index (κ2) is 5.15. The first-order chi connectivity index (χ1) is 9.26. The van der Waals surface area contributed by atoms with Crippen molar-refractivity contribution in [1.82, 2.24) is 0 Å². The fourth-order valence-corrected chi connectivity index (χ4v) is 1.96. The Bertz CT molecular complexity index is 501. The first kappa shape index (κ1) is 12.4.